The quantitative estimate of drug-likeness (QED) is 0.135. The molecule has 1 aliphatic heterocycles. The van der Waals surface area contributed by atoms with Crippen molar-refractivity contribution in [2.45, 2.75) is 18.5 Å². The van der Waals surface area contributed by atoms with E-state index in [9.17, 15) is 9.59 Å². The van der Waals surface area contributed by atoms with E-state index in [1.54, 1.807) is 54.2 Å². The molecular weight excluding hydrogens is 673 g/mol. The molecule has 1 heterocycles. The number of hydrogen-bond donors (Lipinski definition) is 1. The zero-order chi connectivity index (χ0) is 30.3. The van der Waals surface area contributed by atoms with Crippen LogP contribution in [-0.4, -0.2) is 35.8 Å². The molecule has 0 unspecified atom stereocenters. The zero-order valence-electron chi connectivity index (χ0n) is 22.9. The van der Waals surface area contributed by atoms with Crippen LogP contribution in [0.15, 0.2) is 94.5 Å². The van der Waals surface area contributed by atoms with Crippen molar-refractivity contribution in [1.29, 1.82) is 0 Å². The Morgan fingerprint density at radius 1 is 1.09 bits per heavy atom. The van der Waals surface area contributed by atoms with Crippen molar-refractivity contribution in [3.63, 3.8) is 0 Å². The first-order valence-corrected chi connectivity index (χ1v) is 15.7. The molecule has 1 saturated heterocycles. The second kappa shape index (κ2) is 14.3. The third-order valence-corrected chi connectivity index (χ3v) is 9.07. The van der Waals surface area contributed by atoms with Crippen molar-refractivity contribution in [2.75, 3.05) is 12.9 Å². The standard InChI is InChI=1S/C32H26BrCl2N3O4S/c1-41-28-14-21(13-26(33)30(28)42-18-24-11-12-25(34)15-27(24)35)16-36-37-31(40)22-7-9-23(10-8-22)32-38(29(39)19-43-32)17-20-5-3-2-4-6-20/h2-16,32H,17-19H2,1H3,(H,37,40)/b36-16-/t32-/m1/s1. The Morgan fingerprint density at radius 3 is 2.58 bits per heavy atom. The predicted molar refractivity (Wildman–Crippen MR) is 175 cm³/mol. The number of halogens is 3. The number of benzene rings is 4. The summed E-state index contributed by atoms with van der Waals surface area (Å²) in [6.07, 6.45) is 1.52. The van der Waals surface area contributed by atoms with E-state index in [2.05, 4.69) is 26.5 Å². The molecule has 4 aromatic rings. The summed E-state index contributed by atoms with van der Waals surface area (Å²) in [7, 11) is 1.54. The van der Waals surface area contributed by atoms with Crippen LogP contribution in [0.25, 0.3) is 0 Å². The van der Waals surface area contributed by atoms with E-state index in [1.165, 1.54) is 13.3 Å². The molecule has 7 nitrogen and oxygen atoms in total. The van der Waals surface area contributed by atoms with Crippen molar-refractivity contribution in [3.05, 3.63) is 127 Å². The first kappa shape index (κ1) is 30.9. The summed E-state index contributed by atoms with van der Waals surface area (Å²) in [6.45, 7) is 0.757. The molecule has 0 aromatic heterocycles. The van der Waals surface area contributed by atoms with Crippen molar-refractivity contribution in [1.82, 2.24) is 10.3 Å². The summed E-state index contributed by atoms with van der Waals surface area (Å²) in [5.41, 5.74) is 6.51. The molecule has 0 bridgehead atoms. The van der Waals surface area contributed by atoms with Gasteiger partial charge in [0.2, 0.25) is 5.91 Å². The number of carbonyl (C=O) groups is 2. The van der Waals surface area contributed by atoms with Gasteiger partial charge < -0.3 is 14.4 Å². The van der Waals surface area contributed by atoms with Crippen LogP contribution in [0.3, 0.4) is 0 Å². The van der Waals surface area contributed by atoms with Gasteiger partial charge in [0.15, 0.2) is 11.5 Å². The first-order valence-electron chi connectivity index (χ1n) is 13.1. The lowest BCUT2D eigenvalue weighted by molar-refractivity contribution is -0.128. The number of thioether (sulfide) groups is 1. The molecule has 0 aliphatic carbocycles. The number of ether oxygens (including phenoxy) is 2. The van der Waals surface area contributed by atoms with Crippen LogP contribution in [0.2, 0.25) is 10.0 Å². The Morgan fingerprint density at radius 2 is 1.86 bits per heavy atom. The molecule has 0 saturated carbocycles. The van der Waals surface area contributed by atoms with Crippen LogP contribution in [-0.2, 0) is 17.9 Å². The number of rotatable bonds is 10. The Balaban J connectivity index is 1.20. The molecule has 11 heteroatoms. The minimum atomic E-state index is -0.357. The molecule has 0 radical (unpaired) electrons. The highest BCUT2D eigenvalue weighted by Crippen LogP contribution is 2.40. The Kier molecular flexibility index (Phi) is 10.3. The van der Waals surface area contributed by atoms with Crippen molar-refractivity contribution in [3.8, 4) is 11.5 Å². The van der Waals surface area contributed by atoms with E-state index in [0.717, 1.165) is 16.7 Å². The Hall–Kier alpha value is -3.50. The molecule has 1 aliphatic rings. The number of amides is 2. The summed E-state index contributed by atoms with van der Waals surface area (Å²) >= 11 is 17.4. The average molecular weight is 699 g/mol. The molecule has 2 amide bonds. The maximum absolute atomic E-state index is 12.8. The third-order valence-electron chi connectivity index (χ3n) is 6.64. The highest BCUT2D eigenvalue weighted by molar-refractivity contribution is 9.10. The van der Waals surface area contributed by atoms with E-state index < -0.39 is 0 Å². The maximum atomic E-state index is 12.8. The van der Waals surface area contributed by atoms with Gasteiger partial charge in [-0.3, -0.25) is 9.59 Å². The molecule has 1 fully saturated rings. The fourth-order valence-electron chi connectivity index (χ4n) is 4.45. The number of hydrazone groups is 1. The third kappa shape index (κ3) is 7.72. The number of hydrogen-bond acceptors (Lipinski definition) is 6. The largest absolute Gasteiger partial charge is 0.493 e. The van der Waals surface area contributed by atoms with Gasteiger partial charge in [-0.1, -0.05) is 71.7 Å². The van der Waals surface area contributed by atoms with Gasteiger partial charge in [0, 0.05) is 27.7 Å². The topological polar surface area (TPSA) is 80.2 Å². The molecule has 1 atom stereocenters. The van der Waals surface area contributed by atoms with Gasteiger partial charge in [0.25, 0.3) is 5.91 Å². The van der Waals surface area contributed by atoms with E-state index in [0.29, 0.717) is 49.4 Å². The Bertz CT molecular complexity index is 1650. The van der Waals surface area contributed by atoms with E-state index in [-0.39, 0.29) is 23.8 Å². The lowest BCUT2D eigenvalue weighted by Crippen LogP contribution is -2.27. The average Bonchev–Trinajstić information content (AvgIpc) is 3.37. The van der Waals surface area contributed by atoms with Gasteiger partial charge in [-0.05, 0) is 69.0 Å². The lowest BCUT2D eigenvalue weighted by atomic mass is 10.1. The fourth-order valence-corrected chi connectivity index (χ4v) is 6.68. The van der Waals surface area contributed by atoms with Gasteiger partial charge in [0.05, 0.1) is 23.5 Å². The molecule has 220 valence electrons. The zero-order valence-corrected chi connectivity index (χ0v) is 26.8. The van der Waals surface area contributed by atoms with Crippen molar-refractivity contribution in [2.24, 2.45) is 5.10 Å². The lowest BCUT2D eigenvalue weighted by Gasteiger charge is -2.24. The predicted octanol–water partition coefficient (Wildman–Crippen LogP) is 7.88. The minimum Gasteiger partial charge on any atom is -0.493 e. The summed E-state index contributed by atoms with van der Waals surface area (Å²) < 4.78 is 12.1. The first-order chi connectivity index (χ1) is 20.8. The molecular formula is C32H26BrCl2N3O4S. The normalized spacial score (nSPS) is 14.7. The number of nitrogens with one attached hydrogen (secondary N) is 1. The van der Waals surface area contributed by atoms with Gasteiger partial charge in [0.1, 0.15) is 12.0 Å². The van der Waals surface area contributed by atoms with Gasteiger partial charge >= 0.3 is 0 Å². The fraction of sp³-hybridized carbons (Fsp3) is 0.156. The summed E-state index contributed by atoms with van der Waals surface area (Å²) in [5.74, 6) is 1.15. The van der Waals surface area contributed by atoms with Crippen LogP contribution >= 0.6 is 50.9 Å². The SMILES string of the molecule is COc1cc(/C=N\NC(=O)c2ccc([C@H]3SCC(=O)N3Cc3ccccc3)cc2)cc(Br)c1OCc1ccc(Cl)cc1Cl. The van der Waals surface area contributed by atoms with Crippen LogP contribution in [0.1, 0.15) is 38.0 Å². The molecule has 0 spiro atoms. The highest BCUT2D eigenvalue weighted by atomic mass is 79.9. The number of methoxy groups -OCH3 is 1. The number of nitrogens with zero attached hydrogens (tertiary/aromatic N) is 2. The van der Waals surface area contributed by atoms with Crippen LogP contribution < -0.4 is 14.9 Å². The van der Waals surface area contributed by atoms with Gasteiger partial charge in [-0.15, -0.1) is 11.8 Å². The second-order valence-corrected chi connectivity index (χ2v) is 12.3. The summed E-state index contributed by atoms with van der Waals surface area (Å²) in [5, 5.41) is 5.07. The van der Waals surface area contributed by atoms with Crippen molar-refractivity contribution < 1.29 is 19.1 Å². The van der Waals surface area contributed by atoms with E-state index in [1.807, 2.05) is 47.4 Å². The van der Waals surface area contributed by atoms with Crippen LogP contribution in [0.5, 0.6) is 11.5 Å². The van der Waals surface area contributed by atoms with E-state index >= 15 is 0 Å². The van der Waals surface area contributed by atoms with Gasteiger partial charge in [-0.25, -0.2) is 5.43 Å². The Labute approximate surface area is 272 Å². The maximum Gasteiger partial charge on any atom is 0.271 e. The molecule has 43 heavy (non-hydrogen) atoms. The summed E-state index contributed by atoms with van der Waals surface area (Å²) in [4.78, 5) is 27.2. The second-order valence-electron chi connectivity index (χ2n) is 9.55. The van der Waals surface area contributed by atoms with E-state index in [4.69, 9.17) is 32.7 Å². The number of carbonyl (C=O) groups excluding carboxylic acids is 2. The monoisotopic (exact) mass is 697 g/mol. The van der Waals surface area contributed by atoms with Gasteiger partial charge in [-0.2, -0.15) is 5.10 Å². The molecule has 1 N–H and O–H groups in total. The van der Waals surface area contributed by atoms with Crippen molar-refractivity contribution >= 4 is 68.9 Å². The summed E-state index contributed by atoms with van der Waals surface area (Å²) in [6, 6.07) is 25.9. The van der Waals surface area contributed by atoms with Crippen LogP contribution in [0, 0.1) is 0 Å². The van der Waals surface area contributed by atoms with Crippen LogP contribution in [0.4, 0.5) is 0 Å². The molecule has 4 aromatic carbocycles. The minimum absolute atomic E-state index is 0.101. The highest BCUT2D eigenvalue weighted by Gasteiger charge is 2.32. The molecule has 5 rings (SSSR count). The smallest absolute Gasteiger partial charge is 0.271 e.